The number of fused-ring (bicyclic) bond motifs is 5. The molecule has 4 saturated carbocycles. The second kappa shape index (κ2) is 8.62. The zero-order valence-electron chi connectivity index (χ0n) is 19.9. The molecule has 2 unspecified atom stereocenters. The van der Waals surface area contributed by atoms with Gasteiger partial charge in [0.2, 0.25) is 0 Å². The van der Waals surface area contributed by atoms with E-state index in [0.29, 0.717) is 47.3 Å². The van der Waals surface area contributed by atoms with E-state index in [2.05, 4.69) is 26.9 Å². The van der Waals surface area contributed by atoms with Crippen molar-refractivity contribution in [2.24, 2.45) is 46.3 Å². The van der Waals surface area contributed by atoms with Crippen LogP contribution in [0.15, 0.2) is 0 Å². The van der Waals surface area contributed by atoms with E-state index >= 15 is 0 Å². The molecule has 4 fully saturated rings. The van der Waals surface area contributed by atoms with Gasteiger partial charge in [-0.1, -0.05) is 27.2 Å². The zero-order chi connectivity index (χ0) is 22.4. The molecule has 0 radical (unpaired) electrons. The van der Waals surface area contributed by atoms with Crippen molar-refractivity contribution in [2.45, 2.75) is 97.2 Å². The first-order chi connectivity index (χ1) is 14.7. The molecule has 4 heteroatoms. The highest BCUT2D eigenvalue weighted by Gasteiger charge is 2.63. The standard InChI is InChI=1S/C27H42O4/c1-6-31-19-11-13-26(3)18(15-19)16-23(28)25-21-9-8-20(17(2)7-10-24(29)30-5)27(21,4)14-12-22(25)26/h1,17-23,25,28H,7-16H2,2-5H3/t17-,18?,19+,20-,21-,22-,23+,25?,26+,27-/m1/s1. The van der Waals surface area contributed by atoms with Crippen molar-refractivity contribution in [2.75, 3.05) is 7.11 Å². The predicted octanol–water partition coefficient (Wildman–Crippen LogP) is 5.18. The summed E-state index contributed by atoms with van der Waals surface area (Å²) in [5, 5.41) is 11.4. The molecule has 0 aromatic heterocycles. The molecule has 0 aromatic rings. The highest BCUT2D eigenvalue weighted by Crippen LogP contribution is 2.68. The molecule has 4 nitrogen and oxygen atoms in total. The fourth-order valence-electron chi connectivity index (χ4n) is 9.01. The smallest absolute Gasteiger partial charge is 0.305 e. The highest BCUT2D eigenvalue weighted by molar-refractivity contribution is 5.69. The number of rotatable bonds is 5. The maximum absolute atomic E-state index is 11.7. The lowest BCUT2D eigenvalue weighted by Crippen LogP contribution is -2.58. The topological polar surface area (TPSA) is 55.8 Å². The third kappa shape index (κ3) is 3.79. The highest BCUT2D eigenvalue weighted by atomic mass is 16.5. The molecule has 0 spiro atoms. The summed E-state index contributed by atoms with van der Waals surface area (Å²) >= 11 is 0. The van der Waals surface area contributed by atoms with Gasteiger partial charge in [-0.05, 0) is 104 Å². The molecular weight excluding hydrogens is 388 g/mol. The summed E-state index contributed by atoms with van der Waals surface area (Å²) in [4.78, 5) is 11.7. The number of hydrogen-bond acceptors (Lipinski definition) is 4. The Morgan fingerprint density at radius 1 is 1.13 bits per heavy atom. The summed E-state index contributed by atoms with van der Waals surface area (Å²) in [5.74, 6) is 3.20. The monoisotopic (exact) mass is 430 g/mol. The number of hydrogen-bond donors (Lipinski definition) is 1. The lowest BCUT2D eigenvalue weighted by molar-refractivity contribution is -0.174. The molecule has 0 aromatic carbocycles. The van der Waals surface area contributed by atoms with Gasteiger partial charge in [0.05, 0.1) is 13.2 Å². The summed E-state index contributed by atoms with van der Waals surface area (Å²) in [6.07, 6.45) is 18.2. The first kappa shape index (κ1) is 23.0. The molecule has 0 amide bonds. The largest absolute Gasteiger partial charge is 0.469 e. The summed E-state index contributed by atoms with van der Waals surface area (Å²) in [5.41, 5.74) is 0.582. The van der Waals surface area contributed by atoms with Crippen LogP contribution in [0.5, 0.6) is 0 Å². The first-order valence-corrected chi connectivity index (χ1v) is 12.6. The number of ether oxygens (including phenoxy) is 2. The molecule has 0 bridgehead atoms. The second-order valence-electron chi connectivity index (χ2n) is 11.7. The van der Waals surface area contributed by atoms with Crippen LogP contribution in [0.1, 0.15) is 85.0 Å². The molecule has 31 heavy (non-hydrogen) atoms. The average molecular weight is 431 g/mol. The van der Waals surface area contributed by atoms with Crippen LogP contribution >= 0.6 is 0 Å². The van der Waals surface area contributed by atoms with Gasteiger partial charge in [-0.2, -0.15) is 0 Å². The molecule has 4 aliphatic rings. The van der Waals surface area contributed by atoms with Crippen LogP contribution in [-0.4, -0.2) is 30.4 Å². The van der Waals surface area contributed by atoms with Crippen LogP contribution in [0.25, 0.3) is 0 Å². The van der Waals surface area contributed by atoms with Gasteiger partial charge < -0.3 is 14.6 Å². The maximum Gasteiger partial charge on any atom is 0.305 e. The third-order valence-electron chi connectivity index (χ3n) is 10.7. The van der Waals surface area contributed by atoms with Crippen molar-refractivity contribution >= 4 is 5.97 Å². The quantitative estimate of drug-likeness (QED) is 0.482. The van der Waals surface area contributed by atoms with Crippen LogP contribution < -0.4 is 0 Å². The molecule has 0 aliphatic heterocycles. The van der Waals surface area contributed by atoms with Crippen LogP contribution in [-0.2, 0) is 14.3 Å². The van der Waals surface area contributed by atoms with Gasteiger partial charge >= 0.3 is 5.97 Å². The van der Waals surface area contributed by atoms with E-state index in [9.17, 15) is 9.90 Å². The van der Waals surface area contributed by atoms with E-state index in [1.807, 2.05) is 0 Å². The van der Waals surface area contributed by atoms with Crippen molar-refractivity contribution in [1.82, 2.24) is 0 Å². The SMILES string of the molecule is C#CO[C@H]1CC[C@@]2(C)C(C1)C[C@H](O)C1[C@H]3CC[C@H]([C@H](C)CCC(=O)OC)[C@@]3(C)CC[C@H]12. The Morgan fingerprint density at radius 2 is 1.84 bits per heavy atom. The molecule has 0 saturated heterocycles. The third-order valence-corrected chi connectivity index (χ3v) is 10.7. The minimum absolute atomic E-state index is 0.0960. The molecule has 0 heterocycles. The number of methoxy groups -OCH3 is 1. The Bertz CT molecular complexity index is 713. The van der Waals surface area contributed by atoms with Crippen molar-refractivity contribution in [1.29, 1.82) is 0 Å². The number of aliphatic hydroxyl groups excluding tert-OH is 1. The van der Waals surface area contributed by atoms with Crippen LogP contribution in [0.2, 0.25) is 0 Å². The number of aliphatic hydroxyl groups is 1. The summed E-state index contributed by atoms with van der Waals surface area (Å²) in [6, 6.07) is 0. The van der Waals surface area contributed by atoms with E-state index < -0.39 is 0 Å². The molecule has 4 rings (SSSR count). The lowest BCUT2D eigenvalue weighted by Gasteiger charge is -2.62. The Morgan fingerprint density at radius 3 is 2.55 bits per heavy atom. The number of carbonyl (C=O) groups excluding carboxylic acids is 1. The summed E-state index contributed by atoms with van der Waals surface area (Å²) in [6.45, 7) is 7.33. The van der Waals surface area contributed by atoms with E-state index in [1.54, 1.807) is 0 Å². The van der Waals surface area contributed by atoms with E-state index in [4.69, 9.17) is 15.9 Å². The van der Waals surface area contributed by atoms with Crippen molar-refractivity contribution in [3.05, 3.63) is 0 Å². The van der Waals surface area contributed by atoms with Gasteiger partial charge in [-0.15, -0.1) is 0 Å². The Balaban J connectivity index is 1.51. The molecule has 174 valence electrons. The number of terminal acetylenes is 1. The van der Waals surface area contributed by atoms with Crippen LogP contribution in [0.4, 0.5) is 0 Å². The van der Waals surface area contributed by atoms with Gasteiger partial charge in [-0.3, -0.25) is 4.79 Å². The van der Waals surface area contributed by atoms with Gasteiger partial charge in [0.25, 0.3) is 0 Å². The average Bonchev–Trinajstić information content (AvgIpc) is 3.10. The molecule has 10 atom stereocenters. The van der Waals surface area contributed by atoms with Gasteiger partial charge in [0.15, 0.2) is 0 Å². The van der Waals surface area contributed by atoms with E-state index in [1.165, 1.54) is 39.2 Å². The molecule has 4 aliphatic carbocycles. The van der Waals surface area contributed by atoms with Crippen LogP contribution in [0, 0.1) is 58.9 Å². The van der Waals surface area contributed by atoms with E-state index in [0.717, 1.165) is 25.7 Å². The Hall–Kier alpha value is -1.21. The predicted molar refractivity (Wildman–Crippen MR) is 121 cm³/mol. The Labute approximate surface area is 188 Å². The zero-order valence-corrected chi connectivity index (χ0v) is 19.9. The van der Waals surface area contributed by atoms with Crippen molar-refractivity contribution < 1.29 is 19.4 Å². The maximum atomic E-state index is 11.7. The Kier molecular flexibility index (Phi) is 6.39. The summed E-state index contributed by atoms with van der Waals surface area (Å²) < 4.78 is 10.4. The lowest BCUT2D eigenvalue weighted by atomic mass is 9.43. The minimum atomic E-state index is -0.207. The van der Waals surface area contributed by atoms with Gasteiger partial charge in [0, 0.05) is 6.42 Å². The molecular formula is C27H42O4. The minimum Gasteiger partial charge on any atom is -0.469 e. The second-order valence-corrected chi connectivity index (χ2v) is 11.7. The fourth-order valence-corrected chi connectivity index (χ4v) is 9.01. The number of carbonyl (C=O) groups is 1. The summed E-state index contributed by atoms with van der Waals surface area (Å²) in [7, 11) is 1.48. The molecule has 1 N–H and O–H groups in total. The van der Waals surface area contributed by atoms with Gasteiger partial charge in [-0.25, -0.2) is 0 Å². The normalized spacial score (nSPS) is 47.3. The van der Waals surface area contributed by atoms with Crippen LogP contribution in [0.3, 0.4) is 0 Å². The van der Waals surface area contributed by atoms with E-state index in [-0.39, 0.29) is 23.6 Å². The van der Waals surface area contributed by atoms with Crippen molar-refractivity contribution in [3.8, 4) is 12.5 Å². The fraction of sp³-hybridized carbons (Fsp3) is 0.889. The number of esters is 1. The first-order valence-electron chi connectivity index (χ1n) is 12.6. The van der Waals surface area contributed by atoms with Gasteiger partial charge in [0.1, 0.15) is 12.2 Å². The van der Waals surface area contributed by atoms with Crippen molar-refractivity contribution in [3.63, 3.8) is 0 Å².